The summed E-state index contributed by atoms with van der Waals surface area (Å²) in [6, 6.07) is 5.32. The molecule has 2 N–H and O–H groups in total. The van der Waals surface area contributed by atoms with Crippen molar-refractivity contribution < 1.29 is 9.90 Å². The minimum atomic E-state index is -0.656. The molecular weight excluding hydrogens is 292 g/mol. The molecule has 1 atom stereocenters. The van der Waals surface area contributed by atoms with Gasteiger partial charge in [0, 0.05) is 10.7 Å². The van der Waals surface area contributed by atoms with Gasteiger partial charge in [-0.3, -0.25) is 4.79 Å². The maximum absolute atomic E-state index is 12.0. The maximum Gasteiger partial charge on any atom is 0.246 e. The van der Waals surface area contributed by atoms with Crippen molar-refractivity contribution in [1.29, 1.82) is 0 Å². The molecular formula is C14H17ClN4O2. The van der Waals surface area contributed by atoms with Crippen LogP contribution in [0.1, 0.15) is 30.7 Å². The van der Waals surface area contributed by atoms with Gasteiger partial charge in [-0.15, -0.1) is 5.10 Å². The average Bonchev–Trinajstić information content (AvgIpc) is 2.91. The Balaban J connectivity index is 2.02. The van der Waals surface area contributed by atoms with Gasteiger partial charge < -0.3 is 10.4 Å². The molecule has 0 spiro atoms. The summed E-state index contributed by atoms with van der Waals surface area (Å²) in [5.74, 6) is -0.234. The first kappa shape index (κ1) is 15.5. The smallest absolute Gasteiger partial charge is 0.246 e. The number of hydrogen-bond acceptors (Lipinski definition) is 4. The third kappa shape index (κ3) is 3.80. The van der Waals surface area contributed by atoms with Gasteiger partial charge in [0.15, 0.2) is 0 Å². The van der Waals surface area contributed by atoms with Crippen molar-refractivity contribution in [2.24, 2.45) is 0 Å². The zero-order chi connectivity index (χ0) is 15.4. The van der Waals surface area contributed by atoms with Crippen molar-refractivity contribution in [3.8, 4) is 0 Å². The number of carbonyl (C=O) groups is 1. The highest BCUT2D eigenvalue weighted by molar-refractivity contribution is 6.31. The Hall–Kier alpha value is -1.92. The lowest BCUT2D eigenvalue weighted by molar-refractivity contribution is -0.116. The van der Waals surface area contributed by atoms with Crippen molar-refractivity contribution in [2.75, 3.05) is 5.32 Å². The first-order chi connectivity index (χ1) is 10.0. The molecule has 0 saturated heterocycles. The van der Waals surface area contributed by atoms with Crippen LogP contribution in [0.4, 0.5) is 5.69 Å². The van der Waals surface area contributed by atoms with Crippen LogP contribution in [-0.2, 0) is 11.3 Å². The molecule has 2 rings (SSSR count). The topological polar surface area (TPSA) is 80.0 Å². The Labute approximate surface area is 127 Å². The molecule has 6 nitrogen and oxygen atoms in total. The van der Waals surface area contributed by atoms with E-state index in [4.69, 9.17) is 11.6 Å². The number of nitrogens with zero attached hydrogens (tertiary/aromatic N) is 3. The summed E-state index contributed by atoms with van der Waals surface area (Å²) in [5, 5.41) is 20.7. The monoisotopic (exact) mass is 308 g/mol. The Morgan fingerprint density at radius 2 is 2.29 bits per heavy atom. The van der Waals surface area contributed by atoms with Crippen LogP contribution in [0, 0.1) is 6.92 Å². The van der Waals surface area contributed by atoms with Gasteiger partial charge in [0.05, 0.1) is 12.3 Å². The van der Waals surface area contributed by atoms with E-state index in [1.54, 1.807) is 24.4 Å². The third-order valence-electron chi connectivity index (χ3n) is 3.13. The van der Waals surface area contributed by atoms with Gasteiger partial charge in [-0.2, -0.15) is 0 Å². The molecule has 1 heterocycles. The number of carbonyl (C=O) groups excluding carboxylic acids is 1. The van der Waals surface area contributed by atoms with E-state index in [2.05, 4.69) is 15.6 Å². The number of aliphatic hydroxyl groups excluding tert-OH is 1. The summed E-state index contributed by atoms with van der Waals surface area (Å²) in [4.78, 5) is 12.0. The molecule has 1 aromatic carbocycles. The van der Waals surface area contributed by atoms with E-state index in [9.17, 15) is 9.90 Å². The van der Waals surface area contributed by atoms with E-state index >= 15 is 0 Å². The second-order valence-electron chi connectivity index (χ2n) is 4.73. The zero-order valence-corrected chi connectivity index (χ0v) is 12.6. The van der Waals surface area contributed by atoms with Crippen LogP contribution in [0.5, 0.6) is 0 Å². The molecule has 1 aromatic heterocycles. The van der Waals surface area contributed by atoms with Crippen molar-refractivity contribution >= 4 is 23.2 Å². The highest BCUT2D eigenvalue weighted by atomic mass is 35.5. The molecule has 7 heteroatoms. The van der Waals surface area contributed by atoms with E-state index in [0.717, 1.165) is 5.56 Å². The van der Waals surface area contributed by atoms with E-state index in [1.807, 2.05) is 13.8 Å². The Bertz CT molecular complexity index is 642. The lowest BCUT2D eigenvalue weighted by Gasteiger charge is -2.09. The molecule has 1 amide bonds. The van der Waals surface area contributed by atoms with E-state index in [-0.39, 0.29) is 12.5 Å². The van der Waals surface area contributed by atoms with Gasteiger partial charge in [0.2, 0.25) is 5.91 Å². The first-order valence-electron chi connectivity index (χ1n) is 6.64. The van der Waals surface area contributed by atoms with Gasteiger partial charge >= 0.3 is 0 Å². The second-order valence-corrected chi connectivity index (χ2v) is 5.13. The minimum absolute atomic E-state index is 0.0232. The van der Waals surface area contributed by atoms with Crippen molar-refractivity contribution in [2.45, 2.75) is 32.9 Å². The van der Waals surface area contributed by atoms with Gasteiger partial charge in [-0.05, 0) is 31.0 Å². The highest BCUT2D eigenvalue weighted by Gasteiger charge is 2.12. The van der Waals surface area contributed by atoms with E-state index in [0.29, 0.717) is 22.8 Å². The lowest BCUT2D eigenvalue weighted by Crippen LogP contribution is -2.19. The molecule has 1 unspecified atom stereocenters. The highest BCUT2D eigenvalue weighted by Crippen LogP contribution is 2.22. The molecule has 0 saturated carbocycles. The number of aliphatic hydroxyl groups is 1. The van der Waals surface area contributed by atoms with Crippen molar-refractivity contribution in [3.63, 3.8) is 0 Å². The largest absolute Gasteiger partial charge is 0.387 e. The standard InChI is InChI=1S/C14H17ClN4O2/c1-3-13(20)12-7-19(18-17-12)8-14(21)16-11-6-4-5-10(15)9(11)2/h4-7,13,20H,3,8H2,1-2H3,(H,16,21). The van der Waals surface area contributed by atoms with Crippen LogP contribution in [0.2, 0.25) is 5.02 Å². The number of amides is 1. The van der Waals surface area contributed by atoms with E-state index in [1.165, 1.54) is 4.68 Å². The number of rotatable bonds is 5. The summed E-state index contributed by atoms with van der Waals surface area (Å²) in [6.45, 7) is 3.71. The fourth-order valence-corrected chi connectivity index (χ4v) is 2.01. The van der Waals surface area contributed by atoms with E-state index < -0.39 is 6.10 Å². The number of halogens is 1. The quantitative estimate of drug-likeness (QED) is 0.888. The van der Waals surface area contributed by atoms with Gasteiger partial charge in [0.25, 0.3) is 0 Å². The molecule has 0 aliphatic heterocycles. The number of anilines is 1. The summed E-state index contributed by atoms with van der Waals surface area (Å²) >= 11 is 6.00. The number of benzene rings is 1. The SMILES string of the molecule is CCC(O)c1cn(CC(=O)Nc2cccc(Cl)c2C)nn1. The van der Waals surface area contributed by atoms with Crippen LogP contribution in [0.3, 0.4) is 0 Å². The molecule has 0 fully saturated rings. The van der Waals surface area contributed by atoms with Gasteiger partial charge in [0.1, 0.15) is 12.2 Å². The van der Waals surface area contributed by atoms with Gasteiger partial charge in [-0.1, -0.05) is 29.8 Å². The van der Waals surface area contributed by atoms with Crippen LogP contribution in [0.15, 0.2) is 24.4 Å². The summed E-state index contributed by atoms with van der Waals surface area (Å²) in [7, 11) is 0. The predicted molar refractivity (Wildman–Crippen MR) is 80.1 cm³/mol. The Morgan fingerprint density at radius 3 is 3.00 bits per heavy atom. The molecule has 2 aromatic rings. The Morgan fingerprint density at radius 1 is 1.52 bits per heavy atom. The predicted octanol–water partition coefficient (Wildman–Crippen LogP) is 2.32. The fourth-order valence-electron chi connectivity index (χ4n) is 1.83. The summed E-state index contributed by atoms with van der Waals surface area (Å²) in [6.07, 6.45) is 1.46. The van der Waals surface area contributed by atoms with Crippen LogP contribution in [-0.4, -0.2) is 26.0 Å². The lowest BCUT2D eigenvalue weighted by atomic mass is 10.2. The van der Waals surface area contributed by atoms with Crippen LogP contribution in [0.25, 0.3) is 0 Å². The van der Waals surface area contributed by atoms with Crippen LogP contribution < -0.4 is 5.32 Å². The summed E-state index contributed by atoms with van der Waals surface area (Å²) in [5.41, 5.74) is 1.94. The zero-order valence-electron chi connectivity index (χ0n) is 11.9. The van der Waals surface area contributed by atoms with Crippen molar-refractivity contribution in [3.05, 3.63) is 40.7 Å². The average molecular weight is 309 g/mol. The molecule has 112 valence electrons. The Kier molecular flexibility index (Phi) is 4.93. The van der Waals surface area contributed by atoms with Crippen molar-refractivity contribution in [1.82, 2.24) is 15.0 Å². The summed E-state index contributed by atoms with van der Waals surface area (Å²) < 4.78 is 1.39. The fraction of sp³-hybridized carbons (Fsp3) is 0.357. The molecule has 0 radical (unpaired) electrons. The molecule has 0 aliphatic rings. The molecule has 0 aliphatic carbocycles. The number of nitrogens with one attached hydrogen (secondary N) is 1. The normalized spacial score (nSPS) is 12.2. The second kappa shape index (κ2) is 6.69. The number of hydrogen-bond donors (Lipinski definition) is 2. The van der Waals surface area contributed by atoms with Crippen LogP contribution >= 0.6 is 11.6 Å². The van der Waals surface area contributed by atoms with Gasteiger partial charge in [-0.25, -0.2) is 4.68 Å². The third-order valence-corrected chi connectivity index (χ3v) is 3.54. The minimum Gasteiger partial charge on any atom is -0.387 e. The number of aromatic nitrogens is 3. The molecule has 21 heavy (non-hydrogen) atoms. The maximum atomic E-state index is 12.0. The first-order valence-corrected chi connectivity index (χ1v) is 7.02. The molecule has 0 bridgehead atoms.